The lowest BCUT2D eigenvalue weighted by atomic mass is 9.48. The summed E-state index contributed by atoms with van der Waals surface area (Å²) in [6, 6.07) is 0. The Hall–Kier alpha value is -2.31. The van der Waals surface area contributed by atoms with Crippen molar-refractivity contribution in [2.75, 3.05) is 6.61 Å². The number of aliphatic hydroxyl groups is 2. The fourth-order valence-corrected chi connectivity index (χ4v) is 8.06. The van der Waals surface area contributed by atoms with Crippen LogP contribution in [-0.2, 0) is 19.1 Å². The van der Waals surface area contributed by atoms with Gasteiger partial charge in [-0.15, -0.1) is 0 Å². The number of esters is 1. The molecule has 5 rings (SSSR count). The zero-order valence-corrected chi connectivity index (χ0v) is 20.4. The van der Waals surface area contributed by atoms with Gasteiger partial charge in [0, 0.05) is 12.0 Å². The Morgan fingerprint density at radius 2 is 1.91 bits per heavy atom. The van der Waals surface area contributed by atoms with Crippen molar-refractivity contribution in [2.24, 2.45) is 28.6 Å². The van der Waals surface area contributed by atoms with Gasteiger partial charge in [0.2, 0.25) is 0 Å². The molecule has 34 heavy (non-hydrogen) atoms. The highest BCUT2D eigenvalue weighted by Gasteiger charge is 2.61. The third-order valence-electron chi connectivity index (χ3n) is 9.88. The van der Waals surface area contributed by atoms with Crippen molar-refractivity contribution in [3.63, 3.8) is 0 Å². The van der Waals surface area contributed by atoms with Gasteiger partial charge in [-0.3, -0.25) is 9.59 Å². The van der Waals surface area contributed by atoms with Gasteiger partial charge in [0.15, 0.2) is 11.6 Å². The molecular formula is C28H34O6. The molecule has 1 aliphatic heterocycles. The highest BCUT2D eigenvalue weighted by molar-refractivity contribution is 6.18. The topological polar surface area (TPSA) is 101 Å². The summed E-state index contributed by atoms with van der Waals surface area (Å²) in [5.74, 6) is -0.0744. The first-order valence-corrected chi connectivity index (χ1v) is 12.4. The largest absolute Gasteiger partial charge is 0.454 e. The Kier molecular flexibility index (Phi) is 5.41. The molecule has 0 aromatic carbocycles. The molecule has 5 aliphatic rings. The van der Waals surface area contributed by atoms with E-state index < -0.39 is 23.6 Å². The van der Waals surface area contributed by atoms with Gasteiger partial charge in [-0.1, -0.05) is 18.6 Å². The molecule has 7 atom stereocenters. The number of allylic oxidation sites excluding steroid dienone is 4. The molecule has 7 unspecified atom stereocenters. The summed E-state index contributed by atoms with van der Waals surface area (Å²) in [4.78, 5) is 38.1. The molecule has 6 heteroatoms. The number of cyclic esters (lactones) is 1. The van der Waals surface area contributed by atoms with Crippen LogP contribution in [-0.4, -0.2) is 46.6 Å². The van der Waals surface area contributed by atoms with Crippen LogP contribution in [0.1, 0.15) is 59.8 Å². The van der Waals surface area contributed by atoms with E-state index in [1.54, 1.807) is 0 Å². The second-order valence-corrected chi connectivity index (χ2v) is 11.3. The number of hydrogen-bond acceptors (Lipinski definition) is 6. The van der Waals surface area contributed by atoms with Crippen LogP contribution in [0.15, 0.2) is 46.1 Å². The predicted molar refractivity (Wildman–Crippen MR) is 125 cm³/mol. The number of aliphatic hydroxyl groups excluding tert-OH is 2. The van der Waals surface area contributed by atoms with E-state index >= 15 is 0 Å². The SMILES string of the molecule is CC1=C(CO)C(=O)OC(C(C)=C2C(O)CC3C4CC=C5C(=O)C=CC(=O)C5(C)C4CCC23C)C1. The molecule has 6 nitrogen and oxygen atoms in total. The lowest BCUT2D eigenvalue weighted by Crippen LogP contribution is -2.52. The maximum atomic E-state index is 13.1. The first-order valence-electron chi connectivity index (χ1n) is 12.4. The summed E-state index contributed by atoms with van der Waals surface area (Å²) in [6.45, 7) is 7.63. The summed E-state index contributed by atoms with van der Waals surface area (Å²) in [5.41, 5.74) is 2.63. The predicted octanol–water partition coefficient (Wildman–Crippen LogP) is 3.38. The van der Waals surface area contributed by atoms with Crippen molar-refractivity contribution < 1.29 is 29.3 Å². The maximum Gasteiger partial charge on any atom is 0.336 e. The zero-order chi connectivity index (χ0) is 24.6. The van der Waals surface area contributed by atoms with E-state index in [9.17, 15) is 24.6 Å². The Morgan fingerprint density at radius 3 is 2.59 bits per heavy atom. The quantitative estimate of drug-likeness (QED) is 0.478. The first kappa shape index (κ1) is 23.4. The fourth-order valence-electron chi connectivity index (χ4n) is 8.06. The van der Waals surface area contributed by atoms with Gasteiger partial charge < -0.3 is 14.9 Å². The highest BCUT2D eigenvalue weighted by Crippen LogP contribution is 2.65. The molecule has 1 heterocycles. The Balaban J connectivity index is 1.51. The molecule has 0 radical (unpaired) electrons. The Labute approximate surface area is 200 Å². The van der Waals surface area contributed by atoms with E-state index in [4.69, 9.17) is 4.74 Å². The summed E-state index contributed by atoms with van der Waals surface area (Å²) in [6.07, 6.45) is 7.24. The van der Waals surface area contributed by atoms with Crippen LogP contribution in [0.3, 0.4) is 0 Å². The minimum atomic E-state index is -0.788. The van der Waals surface area contributed by atoms with E-state index in [2.05, 4.69) is 6.92 Å². The minimum Gasteiger partial charge on any atom is -0.454 e. The van der Waals surface area contributed by atoms with E-state index in [1.807, 2.05) is 26.8 Å². The number of ketones is 2. The van der Waals surface area contributed by atoms with Gasteiger partial charge in [-0.2, -0.15) is 0 Å². The number of fused-ring (bicyclic) bond motifs is 5. The molecule has 2 fully saturated rings. The van der Waals surface area contributed by atoms with Crippen LogP contribution in [0.25, 0.3) is 0 Å². The number of carbonyl (C=O) groups is 3. The summed E-state index contributed by atoms with van der Waals surface area (Å²) < 4.78 is 5.70. The standard InChI is InChI=1S/C28H34O6/c1-14-11-23(34-26(33)17(14)13-29)15(2)25-22(31)12-20-16-5-6-19-21(30)7-8-24(32)28(19,4)18(16)9-10-27(20,25)3/h6-8,16,18,20,22-23,29,31H,5,9-13H2,1-4H3. The van der Waals surface area contributed by atoms with E-state index in [0.29, 0.717) is 24.0 Å². The van der Waals surface area contributed by atoms with Crippen molar-refractivity contribution in [2.45, 2.75) is 72.0 Å². The van der Waals surface area contributed by atoms with E-state index in [-0.39, 0.29) is 41.3 Å². The van der Waals surface area contributed by atoms with Crippen LogP contribution < -0.4 is 0 Å². The fraction of sp³-hybridized carbons (Fsp3) is 0.607. The summed E-state index contributed by atoms with van der Waals surface area (Å²) in [5, 5.41) is 20.8. The highest BCUT2D eigenvalue weighted by atomic mass is 16.5. The van der Waals surface area contributed by atoms with Gasteiger partial charge in [-0.05, 0) is 92.9 Å². The van der Waals surface area contributed by atoms with Crippen molar-refractivity contribution in [1.82, 2.24) is 0 Å². The lowest BCUT2D eigenvalue weighted by Gasteiger charge is -2.55. The molecule has 2 N–H and O–H groups in total. The van der Waals surface area contributed by atoms with Crippen LogP contribution >= 0.6 is 0 Å². The van der Waals surface area contributed by atoms with Gasteiger partial charge in [-0.25, -0.2) is 4.79 Å². The minimum absolute atomic E-state index is 0.0122. The van der Waals surface area contributed by atoms with Crippen molar-refractivity contribution in [3.05, 3.63) is 46.1 Å². The molecule has 0 aromatic rings. The van der Waals surface area contributed by atoms with Crippen LogP contribution in [0.2, 0.25) is 0 Å². The maximum absolute atomic E-state index is 13.1. The first-order chi connectivity index (χ1) is 16.0. The van der Waals surface area contributed by atoms with Crippen molar-refractivity contribution in [3.8, 4) is 0 Å². The van der Waals surface area contributed by atoms with Crippen LogP contribution in [0.4, 0.5) is 0 Å². The molecule has 0 bridgehead atoms. The van der Waals surface area contributed by atoms with Crippen molar-refractivity contribution >= 4 is 17.5 Å². The normalized spacial score (nSPS) is 43.2. The van der Waals surface area contributed by atoms with Gasteiger partial charge in [0.05, 0.1) is 23.7 Å². The third kappa shape index (κ3) is 3.04. The number of carbonyl (C=O) groups excluding carboxylic acids is 3. The number of rotatable bonds is 2. The van der Waals surface area contributed by atoms with Gasteiger partial charge in [0.25, 0.3) is 0 Å². The molecule has 2 saturated carbocycles. The van der Waals surface area contributed by atoms with E-state index in [0.717, 1.165) is 36.0 Å². The molecular weight excluding hydrogens is 432 g/mol. The zero-order valence-electron chi connectivity index (χ0n) is 20.4. The van der Waals surface area contributed by atoms with Crippen LogP contribution in [0.5, 0.6) is 0 Å². The average Bonchev–Trinajstić information content (AvgIpc) is 3.06. The number of ether oxygens (including phenoxy) is 1. The molecule has 182 valence electrons. The second-order valence-electron chi connectivity index (χ2n) is 11.3. The Bertz CT molecular complexity index is 1110. The Morgan fingerprint density at radius 1 is 1.18 bits per heavy atom. The molecule has 0 saturated heterocycles. The summed E-state index contributed by atoms with van der Waals surface area (Å²) in [7, 11) is 0. The van der Waals surface area contributed by atoms with Crippen molar-refractivity contribution in [1.29, 1.82) is 0 Å². The second kappa shape index (κ2) is 7.85. The van der Waals surface area contributed by atoms with Gasteiger partial charge in [0.1, 0.15) is 6.10 Å². The lowest BCUT2D eigenvalue weighted by molar-refractivity contribution is -0.144. The van der Waals surface area contributed by atoms with Gasteiger partial charge >= 0.3 is 5.97 Å². The molecule has 4 aliphatic carbocycles. The van der Waals surface area contributed by atoms with Crippen LogP contribution in [0, 0.1) is 28.6 Å². The third-order valence-corrected chi connectivity index (χ3v) is 9.88. The molecule has 0 aromatic heterocycles. The number of hydrogen-bond donors (Lipinski definition) is 2. The smallest absolute Gasteiger partial charge is 0.336 e. The summed E-state index contributed by atoms with van der Waals surface area (Å²) >= 11 is 0. The van der Waals surface area contributed by atoms with E-state index in [1.165, 1.54) is 12.2 Å². The monoisotopic (exact) mass is 466 g/mol. The average molecular weight is 467 g/mol. The molecule has 0 amide bonds. The molecule has 0 spiro atoms.